The van der Waals surface area contributed by atoms with E-state index in [9.17, 15) is 8.42 Å². The van der Waals surface area contributed by atoms with Gasteiger partial charge in [0.15, 0.2) is 0 Å². The van der Waals surface area contributed by atoms with Gasteiger partial charge in [0.05, 0.1) is 26.2 Å². The molecular weight excluding hydrogens is 611 g/mol. The highest BCUT2D eigenvalue weighted by Crippen LogP contribution is 2.59. The summed E-state index contributed by atoms with van der Waals surface area (Å²) in [7, 11) is 1.30. The van der Waals surface area contributed by atoms with Crippen LogP contribution in [0.5, 0.6) is 17.2 Å². The van der Waals surface area contributed by atoms with E-state index in [1.54, 1.807) is 33.5 Å². The smallest absolute Gasteiger partial charge is 0.240 e. The molecule has 1 aliphatic carbocycles. The number of fused-ring (bicyclic) bond motifs is 2. The molecule has 0 radical (unpaired) electrons. The molecule has 2 unspecified atom stereocenters. The van der Waals surface area contributed by atoms with Crippen LogP contribution in [0.3, 0.4) is 0 Å². The summed E-state index contributed by atoms with van der Waals surface area (Å²) in [6, 6.07) is 27.2. The van der Waals surface area contributed by atoms with Gasteiger partial charge in [-0.1, -0.05) is 29.8 Å². The number of benzene rings is 4. The summed E-state index contributed by atoms with van der Waals surface area (Å²) in [4.78, 5) is 7.23. The summed E-state index contributed by atoms with van der Waals surface area (Å²) < 4.78 is 46.7. The van der Waals surface area contributed by atoms with E-state index in [2.05, 4.69) is 51.3 Å². The molecule has 7 rings (SSSR count). The standard InChI is InChI=1S/C38H39N3O5S/c1-24-5-13-30(14-6-24)47(42,43)41-23-38(25-7-9-27(44-2)10-8-25)20-26(38)17-31(34-21-39-36-15-11-28(45-3)18-32(34)36)35-22-40-37-16-12-29(46-4)19-33(35)37/h5-16,18-19,21-22,26,31,39-41H,17,20,23H2,1-4H3. The van der Waals surface area contributed by atoms with Crippen LogP contribution in [0.25, 0.3) is 21.8 Å². The first-order chi connectivity index (χ1) is 22.7. The SMILES string of the molecule is COc1ccc(C2(CNS(=O)(=O)c3ccc(C)cc3)CC2CC(c2c[nH]c3ccc(OC)cc23)c2c[nH]c3ccc(OC)cc23)cc1. The van der Waals surface area contributed by atoms with Crippen molar-refractivity contribution >= 4 is 31.8 Å². The predicted molar refractivity (Wildman–Crippen MR) is 185 cm³/mol. The normalized spacial score (nSPS) is 17.8. The molecule has 1 aliphatic rings. The Hall–Kier alpha value is -4.73. The highest BCUT2D eigenvalue weighted by molar-refractivity contribution is 7.89. The van der Waals surface area contributed by atoms with E-state index < -0.39 is 15.4 Å². The third-order valence-electron chi connectivity index (χ3n) is 9.92. The van der Waals surface area contributed by atoms with E-state index in [0.29, 0.717) is 0 Å². The lowest BCUT2D eigenvalue weighted by Crippen LogP contribution is -2.33. The molecule has 2 heterocycles. The van der Waals surface area contributed by atoms with Crippen LogP contribution in [0.2, 0.25) is 0 Å². The molecule has 0 saturated heterocycles. The Bertz CT molecular complexity index is 2070. The minimum absolute atomic E-state index is 0.00413. The molecule has 1 fully saturated rings. The molecule has 3 N–H and O–H groups in total. The fraction of sp³-hybridized carbons (Fsp3) is 0.263. The molecule has 1 saturated carbocycles. The summed E-state index contributed by atoms with van der Waals surface area (Å²) in [5.41, 5.74) is 6.11. The molecular formula is C38H39N3O5S. The van der Waals surface area contributed by atoms with Crippen LogP contribution in [0, 0.1) is 12.8 Å². The van der Waals surface area contributed by atoms with Gasteiger partial charge < -0.3 is 24.2 Å². The molecule has 0 amide bonds. The molecule has 47 heavy (non-hydrogen) atoms. The molecule has 242 valence electrons. The van der Waals surface area contributed by atoms with Crippen molar-refractivity contribution in [3.05, 3.63) is 120 Å². The zero-order chi connectivity index (χ0) is 32.8. The van der Waals surface area contributed by atoms with E-state index in [1.165, 1.54) is 11.1 Å². The Balaban J connectivity index is 1.29. The molecule has 0 spiro atoms. The first-order valence-electron chi connectivity index (χ1n) is 15.8. The fourth-order valence-corrected chi connectivity index (χ4v) is 8.20. The van der Waals surface area contributed by atoms with Crippen LogP contribution in [0.1, 0.15) is 41.0 Å². The van der Waals surface area contributed by atoms with E-state index >= 15 is 0 Å². The maximum absolute atomic E-state index is 13.5. The molecule has 0 bridgehead atoms. The van der Waals surface area contributed by atoms with Crippen molar-refractivity contribution in [2.75, 3.05) is 27.9 Å². The van der Waals surface area contributed by atoms with Gasteiger partial charge in [-0.15, -0.1) is 0 Å². The van der Waals surface area contributed by atoms with E-state index in [4.69, 9.17) is 14.2 Å². The van der Waals surface area contributed by atoms with Crippen molar-refractivity contribution in [1.82, 2.24) is 14.7 Å². The first kappa shape index (κ1) is 30.9. The predicted octanol–water partition coefficient (Wildman–Crippen LogP) is 7.44. The van der Waals surface area contributed by atoms with Crippen LogP contribution < -0.4 is 18.9 Å². The largest absolute Gasteiger partial charge is 0.497 e. The summed E-state index contributed by atoms with van der Waals surface area (Å²) in [6.07, 6.45) is 5.84. The summed E-state index contributed by atoms with van der Waals surface area (Å²) >= 11 is 0. The number of aryl methyl sites for hydroxylation is 1. The van der Waals surface area contributed by atoms with E-state index in [-0.39, 0.29) is 23.3 Å². The van der Waals surface area contributed by atoms with Gasteiger partial charge in [-0.25, -0.2) is 13.1 Å². The van der Waals surface area contributed by atoms with Gasteiger partial charge in [-0.2, -0.15) is 0 Å². The number of hydrogen-bond donors (Lipinski definition) is 3. The Kier molecular flexibility index (Phi) is 7.98. The number of aromatic amines is 2. The van der Waals surface area contributed by atoms with Crippen molar-refractivity contribution in [2.24, 2.45) is 5.92 Å². The zero-order valence-corrected chi connectivity index (χ0v) is 27.8. The maximum Gasteiger partial charge on any atom is 0.240 e. The molecule has 2 atom stereocenters. The number of rotatable bonds is 12. The lowest BCUT2D eigenvalue weighted by molar-refractivity contribution is 0.414. The Labute approximate surface area is 275 Å². The van der Waals surface area contributed by atoms with Crippen LogP contribution in [0.15, 0.2) is 102 Å². The quantitative estimate of drug-likeness (QED) is 0.128. The number of H-pyrrole nitrogens is 2. The minimum atomic E-state index is -3.71. The Morgan fingerprint density at radius 1 is 0.766 bits per heavy atom. The van der Waals surface area contributed by atoms with Gasteiger partial charge in [0.1, 0.15) is 17.2 Å². The molecule has 0 aliphatic heterocycles. The molecule has 9 heteroatoms. The lowest BCUT2D eigenvalue weighted by atomic mass is 9.83. The van der Waals surface area contributed by atoms with Gasteiger partial charge in [-0.3, -0.25) is 0 Å². The van der Waals surface area contributed by atoms with Crippen molar-refractivity contribution in [3.8, 4) is 17.2 Å². The summed E-state index contributed by atoms with van der Waals surface area (Å²) in [5.74, 6) is 2.53. The van der Waals surface area contributed by atoms with Crippen LogP contribution in [-0.2, 0) is 15.4 Å². The van der Waals surface area contributed by atoms with Crippen LogP contribution in [-0.4, -0.2) is 46.3 Å². The van der Waals surface area contributed by atoms with Gasteiger partial charge in [0, 0.05) is 52.1 Å². The van der Waals surface area contributed by atoms with Gasteiger partial charge in [-0.05, 0) is 103 Å². The average Bonchev–Trinajstić information content (AvgIpc) is 3.40. The van der Waals surface area contributed by atoms with Crippen LogP contribution >= 0.6 is 0 Å². The lowest BCUT2D eigenvalue weighted by Gasteiger charge is -2.23. The third-order valence-corrected chi connectivity index (χ3v) is 11.3. The number of methoxy groups -OCH3 is 3. The second-order valence-corrected chi connectivity index (χ2v) is 14.3. The number of hydrogen-bond acceptors (Lipinski definition) is 5. The number of aromatic nitrogens is 2. The highest BCUT2D eigenvalue weighted by atomic mass is 32.2. The molecule has 2 aromatic heterocycles. The van der Waals surface area contributed by atoms with Crippen molar-refractivity contribution in [3.63, 3.8) is 0 Å². The maximum atomic E-state index is 13.5. The fourth-order valence-electron chi connectivity index (χ4n) is 7.09. The molecule has 8 nitrogen and oxygen atoms in total. The van der Waals surface area contributed by atoms with Crippen LogP contribution in [0.4, 0.5) is 0 Å². The Morgan fingerprint density at radius 3 is 1.83 bits per heavy atom. The molecule has 6 aromatic rings. The minimum Gasteiger partial charge on any atom is -0.497 e. The third kappa shape index (κ3) is 5.74. The second-order valence-electron chi connectivity index (χ2n) is 12.5. The Morgan fingerprint density at radius 2 is 1.30 bits per heavy atom. The topological polar surface area (TPSA) is 105 Å². The number of sulfonamides is 1. The number of nitrogens with one attached hydrogen (secondary N) is 3. The summed E-state index contributed by atoms with van der Waals surface area (Å²) in [5, 5.41) is 2.20. The second kappa shape index (κ2) is 12.1. The zero-order valence-electron chi connectivity index (χ0n) is 27.0. The van der Waals surface area contributed by atoms with Crippen molar-refractivity contribution in [1.29, 1.82) is 0 Å². The average molecular weight is 650 g/mol. The first-order valence-corrected chi connectivity index (χ1v) is 17.2. The van der Waals surface area contributed by atoms with Crippen molar-refractivity contribution in [2.45, 2.75) is 36.0 Å². The van der Waals surface area contributed by atoms with Gasteiger partial charge in [0.2, 0.25) is 10.0 Å². The van der Waals surface area contributed by atoms with Crippen molar-refractivity contribution < 1.29 is 22.6 Å². The monoisotopic (exact) mass is 649 g/mol. The molecule has 4 aromatic carbocycles. The van der Waals surface area contributed by atoms with E-state index in [1.807, 2.05) is 55.5 Å². The highest BCUT2D eigenvalue weighted by Gasteiger charge is 2.56. The summed E-state index contributed by atoms with van der Waals surface area (Å²) in [6.45, 7) is 2.23. The van der Waals surface area contributed by atoms with E-state index in [0.717, 1.165) is 63.0 Å². The number of ether oxygens (including phenoxy) is 3. The van der Waals surface area contributed by atoms with Gasteiger partial charge in [0.25, 0.3) is 0 Å². The van der Waals surface area contributed by atoms with Gasteiger partial charge >= 0.3 is 0 Å².